The van der Waals surface area contributed by atoms with E-state index in [0.717, 1.165) is 42.5 Å². The zero-order valence-electron chi connectivity index (χ0n) is 20.0. The van der Waals surface area contributed by atoms with Crippen LogP contribution in [0, 0.1) is 6.92 Å². The van der Waals surface area contributed by atoms with Gasteiger partial charge in [0.05, 0.1) is 30.3 Å². The number of ether oxygens (including phenoxy) is 1. The zero-order valence-corrected chi connectivity index (χ0v) is 20.8. The van der Waals surface area contributed by atoms with E-state index in [0.29, 0.717) is 18.7 Å². The van der Waals surface area contributed by atoms with Crippen LogP contribution in [0.15, 0.2) is 66.0 Å². The molecule has 0 radical (unpaired) electrons. The van der Waals surface area contributed by atoms with Crippen LogP contribution in [0.1, 0.15) is 58.9 Å². The number of hydrogen-bond acceptors (Lipinski definition) is 5. The first-order chi connectivity index (χ1) is 16.9. The topological polar surface area (TPSA) is 81.5 Å². The lowest BCUT2D eigenvalue weighted by Crippen LogP contribution is -2.38. The predicted octanol–water partition coefficient (Wildman–Crippen LogP) is 4.32. The standard InChI is InChI=1S/C27H31N3O4S/c1-20-8-5-6-12-25(20)26(31)29(18-24-11-7-15-34-24)17-23-16-28-27(30(23)22-13-14-22)35(32,33)19-21-9-3-2-4-10-21/h2-6,8-10,12,16,22,24H,7,11,13-15,17-19H2,1H3/t24-/m1/s1. The third-order valence-corrected chi connectivity index (χ3v) is 8.26. The molecular weight excluding hydrogens is 462 g/mol. The van der Waals surface area contributed by atoms with Gasteiger partial charge in [-0.1, -0.05) is 48.5 Å². The molecule has 0 bridgehead atoms. The van der Waals surface area contributed by atoms with Crippen molar-refractivity contribution in [2.75, 3.05) is 13.2 Å². The van der Waals surface area contributed by atoms with Crippen molar-refractivity contribution in [1.29, 1.82) is 0 Å². The molecule has 2 aliphatic rings. The van der Waals surface area contributed by atoms with Crippen molar-refractivity contribution in [3.8, 4) is 0 Å². The molecule has 5 rings (SSSR count). The lowest BCUT2D eigenvalue weighted by atomic mass is 10.1. The van der Waals surface area contributed by atoms with Crippen molar-refractivity contribution in [2.45, 2.75) is 62.2 Å². The van der Waals surface area contributed by atoms with E-state index < -0.39 is 9.84 Å². The Balaban J connectivity index is 1.46. The highest BCUT2D eigenvalue weighted by Gasteiger charge is 2.35. The summed E-state index contributed by atoms with van der Waals surface area (Å²) in [5.74, 6) is -0.172. The molecule has 0 N–H and O–H groups in total. The van der Waals surface area contributed by atoms with E-state index in [1.165, 1.54) is 0 Å². The second kappa shape index (κ2) is 9.95. The van der Waals surface area contributed by atoms with E-state index in [-0.39, 0.29) is 35.5 Å². The van der Waals surface area contributed by atoms with Crippen LogP contribution in [0.3, 0.4) is 0 Å². The van der Waals surface area contributed by atoms with Gasteiger partial charge in [0.25, 0.3) is 5.91 Å². The largest absolute Gasteiger partial charge is 0.376 e. The minimum Gasteiger partial charge on any atom is -0.376 e. The SMILES string of the molecule is Cc1ccccc1C(=O)N(Cc1cnc(S(=O)(=O)Cc2ccccc2)n1C1CC1)C[C@H]1CCCO1. The highest BCUT2D eigenvalue weighted by atomic mass is 32.2. The van der Waals surface area contributed by atoms with Gasteiger partial charge in [-0.2, -0.15) is 0 Å². The highest BCUT2D eigenvalue weighted by Crippen LogP contribution is 2.39. The second-order valence-electron chi connectivity index (χ2n) is 9.51. The monoisotopic (exact) mass is 493 g/mol. The van der Waals surface area contributed by atoms with Gasteiger partial charge in [0, 0.05) is 24.8 Å². The minimum absolute atomic E-state index is 0.0125. The van der Waals surface area contributed by atoms with Crippen LogP contribution in [-0.2, 0) is 26.9 Å². The van der Waals surface area contributed by atoms with Crippen LogP contribution in [-0.4, -0.2) is 48.0 Å². The van der Waals surface area contributed by atoms with E-state index >= 15 is 0 Å². The van der Waals surface area contributed by atoms with Gasteiger partial charge in [-0.05, 0) is 49.8 Å². The van der Waals surface area contributed by atoms with Gasteiger partial charge in [0.1, 0.15) is 0 Å². The number of imidazole rings is 1. The van der Waals surface area contributed by atoms with Gasteiger partial charge in [0.15, 0.2) is 0 Å². The molecule has 184 valence electrons. The summed E-state index contributed by atoms with van der Waals surface area (Å²) in [5, 5.41) is 0.0965. The summed E-state index contributed by atoms with van der Waals surface area (Å²) >= 11 is 0. The molecule has 35 heavy (non-hydrogen) atoms. The highest BCUT2D eigenvalue weighted by molar-refractivity contribution is 7.90. The van der Waals surface area contributed by atoms with Crippen molar-refractivity contribution >= 4 is 15.7 Å². The summed E-state index contributed by atoms with van der Waals surface area (Å²) in [5.41, 5.74) is 3.05. The van der Waals surface area contributed by atoms with Crippen LogP contribution in [0.25, 0.3) is 0 Å². The quantitative estimate of drug-likeness (QED) is 0.443. The van der Waals surface area contributed by atoms with Crippen LogP contribution >= 0.6 is 0 Å². The number of aryl methyl sites for hydroxylation is 1. The number of carbonyl (C=O) groups is 1. The molecule has 3 aromatic rings. The molecule has 1 aliphatic carbocycles. The molecule has 1 atom stereocenters. The molecule has 7 nitrogen and oxygen atoms in total. The fourth-order valence-electron chi connectivity index (χ4n) is 4.74. The second-order valence-corrected chi connectivity index (χ2v) is 11.4. The van der Waals surface area contributed by atoms with E-state index in [2.05, 4.69) is 4.98 Å². The number of hydrogen-bond donors (Lipinski definition) is 0. The number of sulfone groups is 1. The minimum atomic E-state index is -3.64. The molecule has 2 fully saturated rings. The Morgan fingerprint density at radius 1 is 1.09 bits per heavy atom. The summed E-state index contributed by atoms with van der Waals surface area (Å²) < 4.78 is 34.4. The van der Waals surface area contributed by atoms with Gasteiger partial charge in [-0.25, -0.2) is 13.4 Å². The molecule has 8 heteroatoms. The first kappa shape index (κ1) is 23.8. The maximum absolute atomic E-state index is 13.6. The third kappa shape index (κ3) is 5.33. The average molecular weight is 494 g/mol. The maximum atomic E-state index is 13.6. The smallest absolute Gasteiger partial charge is 0.254 e. The van der Waals surface area contributed by atoms with Gasteiger partial charge in [-0.3, -0.25) is 4.79 Å². The normalized spacial score (nSPS) is 18.0. The Kier molecular flexibility index (Phi) is 6.75. The Morgan fingerprint density at radius 3 is 2.51 bits per heavy atom. The molecule has 2 heterocycles. The van der Waals surface area contributed by atoms with Crippen molar-refractivity contribution in [1.82, 2.24) is 14.5 Å². The predicted molar refractivity (Wildman–Crippen MR) is 133 cm³/mol. The van der Waals surface area contributed by atoms with Gasteiger partial charge >= 0.3 is 0 Å². The molecule has 1 aliphatic heterocycles. The molecule has 2 aromatic carbocycles. The lowest BCUT2D eigenvalue weighted by Gasteiger charge is -2.27. The molecule has 0 unspecified atom stereocenters. The summed E-state index contributed by atoms with van der Waals surface area (Å²) in [6, 6.07) is 16.8. The van der Waals surface area contributed by atoms with Gasteiger partial charge in [0.2, 0.25) is 15.0 Å². The van der Waals surface area contributed by atoms with E-state index in [4.69, 9.17) is 4.74 Å². The zero-order chi connectivity index (χ0) is 24.4. The molecular formula is C27H31N3O4S. The van der Waals surface area contributed by atoms with E-state index in [1.54, 1.807) is 11.1 Å². The summed E-state index contributed by atoms with van der Waals surface area (Å²) in [4.78, 5) is 19.8. The first-order valence-corrected chi connectivity index (χ1v) is 13.9. The van der Waals surface area contributed by atoms with Crippen LogP contribution in [0.5, 0.6) is 0 Å². The van der Waals surface area contributed by atoms with E-state index in [1.807, 2.05) is 66.1 Å². The summed E-state index contributed by atoms with van der Waals surface area (Å²) in [7, 11) is -3.64. The Hall–Kier alpha value is -2.97. The van der Waals surface area contributed by atoms with Crippen molar-refractivity contribution in [3.05, 3.63) is 83.2 Å². The van der Waals surface area contributed by atoms with Crippen LogP contribution in [0.2, 0.25) is 0 Å². The molecule has 0 spiro atoms. The number of amides is 1. The number of carbonyl (C=O) groups excluding carboxylic acids is 1. The number of rotatable bonds is 9. The number of benzene rings is 2. The Bertz CT molecular complexity index is 1290. The fourth-order valence-corrected chi connectivity index (χ4v) is 6.28. The van der Waals surface area contributed by atoms with Crippen LogP contribution in [0.4, 0.5) is 0 Å². The Morgan fingerprint density at radius 2 is 1.83 bits per heavy atom. The van der Waals surface area contributed by atoms with E-state index in [9.17, 15) is 13.2 Å². The first-order valence-electron chi connectivity index (χ1n) is 12.2. The molecule has 1 saturated carbocycles. The Labute approximate surface area is 206 Å². The summed E-state index contributed by atoms with van der Waals surface area (Å²) in [6.07, 6.45) is 5.34. The third-order valence-electron chi connectivity index (χ3n) is 6.69. The molecule has 1 amide bonds. The van der Waals surface area contributed by atoms with Crippen molar-refractivity contribution in [2.24, 2.45) is 0 Å². The van der Waals surface area contributed by atoms with Gasteiger partial charge < -0.3 is 14.2 Å². The summed E-state index contributed by atoms with van der Waals surface area (Å²) in [6.45, 7) is 3.39. The number of nitrogens with zero attached hydrogens (tertiary/aromatic N) is 3. The average Bonchev–Trinajstić information content (AvgIpc) is 3.37. The van der Waals surface area contributed by atoms with Crippen molar-refractivity contribution < 1.29 is 17.9 Å². The number of aromatic nitrogens is 2. The molecule has 1 aromatic heterocycles. The van der Waals surface area contributed by atoms with Crippen molar-refractivity contribution in [3.63, 3.8) is 0 Å². The molecule has 1 saturated heterocycles. The maximum Gasteiger partial charge on any atom is 0.254 e. The van der Waals surface area contributed by atoms with Crippen LogP contribution < -0.4 is 0 Å². The lowest BCUT2D eigenvalue weighted by molar-refractivity contribution is 0.0501. The van der Waals surface area contributed by atoms with Gasteiger partial charge in [-0.15, -0.1) is 0 Å². The fraction of sp³-hybridized carbons (Fsp3) is 0.407.